The number of anilines is 1. The highest BCUT2D eigenvalue weighted by molar-refractivity contribution is 5.89. The molecule has 0 aliphatic rings. The Morgan fingerprint density at radius 1 is 0.875 bits per heavy atom. The van der Waals surface area contributed by atoms with E-state index >= 15 is 0 Å². The van der Waals surface area contributed by atoms with E-state index in [0.29, 0.717) is 12.1 Å². The summed E-state index contributed by atoms with van der Waals surface area (Å²) >= 11 is 0. The number of amides is 2. The summed E-state index contributed by atoms with van der Waals surface area (Å²) in [7, 11) is 0. The van der Waals surface area contributed by atoms with Gasteiger partial charge < -0.3 is 10.6 Å². The van der Waals surface area contributed by atoms with E-state index in [-0.39, 0.29) is 16.8 Å². The summed E-state index contributed by atoms with van der Waals surface area (Å²) in [6, 6.07) is 6.45. The van der Waals surface area contributed by atoms with E-state index in [9.17, 15) is 35.5 Å². The van der Waals surface area contributed by atoms with Crippen LogP contribution in [-0.2, 0) is 12.4 Å². The van der Waals surface area contributed by atoms with E-state index in [1.807, 2.05) is 0 Å². The van der Waals surface area contributed by atoms with Crippen molar-refractivity contribution in [2.45, 2.75) is 18.4 Å². The topological polar surface area (TPSA) is 54.0 Å². The number of hydrogen-bond donors (Lipinski definition) is 2. The second-order valence-electron chi connectivity index (χ2n) is 6.63. The minimum Gasteiger partial charge on any atom is -0.327 e. The molecule has 1 atom stereocenters. The molecule has 0 bridgehead atoms. The van der Waals surface area contributed by atoms with Gasteiger partial charge in [-0.05, 0) is 47.5 Å². The summed E-state index contributed by atoms with van der Waals surface area (Å²) in [6.07, 6.45) is -6.92. The second kappa shape index (κ2) is 8.85. The first kappa shape index (κ1) is 23.0. The minimum atomic E-state index is -4.96. The summed E-state index contributed by atoms with van der Waals surface area (Å²) in [5.41, 5.74) is -2.62. The molecule has 1 unspecified atom stereocenters. The Kier molecular flexibility index (Phi) is 6.37. The molecule has 0 fully saturated rings. The molecule has 1 aromatic heterocycles. The number of urea groups is 1. The molecule has 168 valence electrons. The third kappa shape index (κ3) is 5.54. The van der Waals surface area contributed by atoms with Gasteiger partial charge in [0.2, 0.25) is 0 Å². The third-order valence-electron chi connectivity index (χ3n) is 4.37. The van der Waals surface area contributed by atoms with Crippen LogP contribution in [0.15, 0.2) is 67.0 Å². The Morgan fingerprint density at radius 2 is 1.59 bits per heavy atom. The van der Waals surface area contributed by atoms with Crippen LogP contribution >= 0.6 is 0 Å². The maximum atomic E-state index is 14.1. The number of hydrogen-bond acceptors (Lipinski definition) is 2. The summed E-state index contributed by atoms with van der Waals surface area (Å²) in [6.45, 7) is 0. The normalized spacial score (nSPS) is 12.8. The lowest BCUT2D eigenvalue weighted by atomic mass is 9.95. The smallest absolute Gasteiger partial charge is 0.327 e. The second-order valence-corrected chi connectivity index (χ2v) is 6.63. The molecular formula is C21H14F7N3O. The molecule has 2 N–H and O–H groups in total. The first-order chi connectivity index (χ1) is 14.9. The predicted octanol–water partition coefficient (Wildman–Crippen LogP) is 6.17. The lowest BCUT2D eigenvalue weighted by Crippen LogP contribution is -2.33. The molecule has 1 heterocycles. The molecule has 2 aromatic carbocycles. The Hall–Kier alpha value is -3.63. The predicted molar refractivity (Wildman–Crippen MR) is 101 cm³/mol. The molecule has 32 heavy (non-hydrogen) atoms. The van der Waals surface area contributed by atoms with E-state index in [4.69, 9.17) is 0 Å². The van der Waals surface area contributed by atoms with Crippen molar-refractivity contribution in [3.05, 3.63) is 95.1 Å². The van der Waals surface area contributed by atoms with Crippen molar-refractivity contribution in [1.82, 2.24) is 10.3 Å². The van der Waals surface area contributed by atoms with Crippen molar-refractivity contribution in [1.29, 1.82) is 0 Å². The van der Waals surface area contributed by atoms with Gasteiger partial charge in [-0.25, -0.2) is 9.18 Å². The Labute approximate surface area is 177 Å². The van der Waals surface area contributed by atoms with Gasteiger partial charge in [-0.3, -0.25) is 4.98 Å². The number of alkyl halides is 6. The van der Waals surface area contributed by atoms with Crippen LogP contribution in [0.2, 0.25) is 0 Å². The summed E-state index contributed by atoms with van der Waals surface area (Å²) in [5, 5.41) is 4.77. The fourth-order valence-electron chi connectivity index (χ4n) is 2.93. The van der Waals surface area contributed by atoms with Gasteiger partial charge in [0.15, 0.2) is 0 Å². The van der Waals surface area contributed by atoms with Crippen molar-refractivity contribution in [3.63, 3.8) is 0 Å². The largest absolute Gasteiger partial charge is 0.419 e. The average Bonchev–Trinajstić information content (AvgIpc) is 2.71. The van der Waals surface area contributed by atoms with Crippen molar-refractivity contribution in [2.75, 3.05) is 5.32 Å². The number of carbonyl (C=O) groups excluding carboxylic acids is 1. The van der Waals surface area contributed by atoms with Gasteiger partial charge in [0, 0.05) is 6.20 Å². The van der Waals surface area contributed by atoms with E-state index in [2.05, 4.69) is 15.6 Å². The van der Waals surface area contributed by atoms with Crippen LogP contribution in [0.1, 0.15) is 28.3 Å². The number of benzene rings is 2. The van der Waals surface area contributed by atoms with Gasteiger partial charge in [-0.15, -0.1) is 0 Å². The number of aromatic nitrogens is 1. The molecule has 0 aliphatic heterocycles. The number of halogens is 7. The van der Waals surface area contributed by atoms with Gasteiger partial charge in [0.1, 0.15) is 5.82 Å². The highest BCUT2D eigenvalue weighted by Crippen LogP contribution is 2.35. The zero-order valence-electron chi connectivity index (χ0n) is 15.9. The molecule has 3 rings (SSSR count). The fourth-order valence-corrected chi connectivity index (χ4v) is 2.93. The Balaban J connectivity index is 2.00. The highest BCUT2D eigenvalue weighted by Gasteiger charge is 2.35. The maximum absolute atomic E-state index is 14.1. The van der Waals surface area contributed by atoms with Crippen LogP contribution in [0, 0.1) is 5.82 Å². The summed E-state index contributed by atoms with van der Waals surface area (Å²) < 4.78 is 92.2. The maximum Gasteiger partial charge on any atom is 0.419 e. The SMILES string of the molecule is O=C(Nc1cccnc1)NC(c1cccc(C(F)(F)F)c1)c1ccc(C(F)(F)F)c(F)c1. The van der Waals surface area contributed by atoms with Gasteiger partial charge in [0.25, 0.3) is 0 Å². The van der Waals surface area contributed by atoms with Gasteiger partial charge in [-0.2, -0.15) is 26.3 Å². The summed E-state index contributed by atoms with van der Waals surface area (Å²) in [4.78, 5) is 16.2. The molecule has 0 saturated heterocycles. The number of rotatable bonds is 4. The van der Waals surface area contributed by atoms with E-state index in [1.54, 1.807) is 0 Å². The molecular weight excluding hydrogens is 443 g/mol. The van der Waals surface area contributed by atoms with E-state index in [1.165, 1.54) is 30.6 Å². The fraction of sp³-hybridized carbons (Fsp3) is 0.143. The third-order valence-corrected chi connectivity index (χ3v) is 4.37. The van der Waals surface area contributed by atoms with Crippen LogP contribution < -0.4 is 10.6 Å². The Morgan fingerprint density at radius 3 is 2.19 bits per heavy atom. The van der Waals surface area contributed by atoms with Crippen LogP contribution in [0.4, 0.5) is 41.2 Å². The molecule has 3 aromatic rings. The molecule has 11 heteroatoms. The molecule has 0 radical (unpaired) electrons. The quantitative estimate of drug-likeness (QED) is 0.461. The standard InChI is InChI=1S/C21H14F7N3O/c22-17-10-13(6-7-16(17)21(26,27)28)18(12-3-1-4-14(9-12)20(23,24)25)31-19(32)30-15-5-2-8-29-11-15/h1-11,18H,(H2,30,31,32). The Bertz CT molecular complexity index is 1100. The molecule has 0 spiro atoms. The lowest BCUT2D eigenvalue weighted by Gasteiger charge is -2.22. The molecule has 0 aliphatic carbocycles. The summed E-state index contributed by atoms with van der Waals surface area (Å²) in [5.74, 6) is -1.62. The number of carbonyl (C=O) groups is 1. The van der Waals surface area contributed by atoms with Gasteiger partial charge in [0.05, 0.1) is 29.1 Å². The van der Waals surface area contributed by atoms with Gasteiger partial charge in [-0.1, -0.05) is 18.2 Å². The minimum absolute atomic E-state index is 0.111. The lowest BCUT2D eigenvalue weighted by molar-refractivity contribution is -0.140. The van der Waals surface area contributed by atoms with Crippen molar-refractivity contribution < 1.29 is 35.5 Å². The van der Waals surface area contributed by atoms with Crippen LogP contribution in [0.25, 0.3) is 0 Å². The van der Waals surface area contributed by atoms with E-state index in [0.717, 1.165) is 24.3 Å². The number of nitrogens with one attached hydrogen (secondary N) is 2. The monoisotopic (exact) mass is 457 g/mol. The van der Waals surface area contributed by atoms with Crippen LogP contribution in [0.3, 0.4) is 0 Å². The van der Waals surface area contributed by atoms with Crippen molar-refractivity contribution in [3.8, 4) is 0 Å². The van der Waals surface area contributed by atoms with Crippen molar-refractivity contribution >= 4 is 11.7 Å². The zero-order valence-corrected chi connectivity index (χ0v) is 15.9. The first-order valence-electron chi connectivity index (χ1n) is 8.96. The van der Waals surface area contributed by atoms with Crippen LogP contribution in [-0.4, -0.2) is 11.0 Å². The van der Waals surface area contributed by atoms with Gasteiger partial charge >= 0.3 is 18.4 Å². The van der Waals surface area contributed by atoms with E-state index < -0.39 is 41.4 Å². The number of nitrogens with zero attached hydrogens (tertiary/aromatic N) is 1. The zero-order chi connectivity index (χ0) is 23.5. The average molecular weight is 457 g/mol. The van der Waals surface area contributed by atoms with Crippen LogP contribution in [0.5, 0.6) is 0 Å². The molecule has 4 nitrogen and oxygen atoms in total. The first-order valence-corrected chi connectivity index (χ1v) is 8.96. The highest BCUT2D eigenvalue weighted by atomic mass is 19.4. The van der Waals surface area contributed by atoms with Crippen molar-refractivity contribution in [2.24, 2.45) is 0 Å². The molecule has 0 saturated carbocycles. The number of pyridine rings is 1. The molecule has 2 amide bonds.